The molecule has 0 spiro atoms. The summed E-state index contributed by atoms with van der Waals surface area (Å²) in [5.41, 5.74) is 0. The van der Waals surface area contributed by atoms with Crippen molar-refractivity contribution >= 4 is 16.6 Å². The molecule has 0 aliphatic carbocycles. The summed E-state index contributed by atoms with van der Waals surface area (Å²) in [6.07, 6.45) is 0. The number of nitro groups is 1. The summed E-state index contributed by atoms with van der Waals surface area (Å²) in [6.45, 7) is 10.0. The highest BCUT2D eigenvalue weighted by Crippen LogP contribution is 2.19. The van der Waals surface area contributed by atoms with E-state index in [2.05, 4.69) is 0 Å². The van der Waals surface area contributed by atoms with Gasteiger partial charge in [0, 0.05) is 0 Å². The first-order valence-corrected chi connectivity index (χ1v) is 12.3. The molecule has 0 N–H and O–H groups in total. The van der Waals surface area contributed by atoms with E-state index in [-0.39, 0.29) is 0 Å². The number of halogens is 1. The molecule has 17 heavy (non-hydrogen) atoms. The Morgan fingerprint density at radius 2 is 1.35 bits per heavy atom. The van der Waals surface area contributed by atoms with E-state index in [1.807, 2.05) is 39.3 Å². The molecule has 0 saturated heterocycles. The van der Waals surface area contributed by atoms with Gasteiger partial charge in [-0.25, -0.2) is 0 Å². The van der Waals surface area contributed by atoms with Crippen molar-refractivity contribution in [3.63, 3.8) is 0 Å². The lowest BCUT2D eigenvalue weighted by Gasteiger charge is -2.25. The Morgan fingerprint density at radius 3 is 1.53 bits per heavy atom. The minimum atomic E-state index is -2.64. The molecule has 0 unspecified atom stereocenters. The second-order valence-electron chi connectivity index (χ2n) is 5.98. The number of hydrogen-bond donors (Lipinski definition) is 0. The molecule has 0 aliphatic heterocycles. The lowest BCUT2D eigenvalue weighted by molar-refractivity contribution is -0.611. The predicted molar refractivity (Wildman–Crippen MR) is 69.4 cm³/mol. The van der Waals surface area contributed by atoms with Gasteiger partial charge < -0.3 is 8.85 Å². The number of rotatable bonds is 7. The van der Waals surface area contributed by atoms with Gasteiger partial charge in [0.05, 0.1) is 4.92 Å². The quantitative estimate of drug-likeness (QED) is 0.312. The minimum Gasteiger partial charge on any atom is -0.408 e. The van der Waals surface area contributed by atoms with Crippen LogP contribution in [0.2, 0.25) is 39.3 Å². The molecule has 5 nitrogen and oxygen atoms in total. The van der Waals surface area contributed by atoms with E-state index in [4.69, 9.17) is 8.85 Å². The Bertz CT molecular complexity index is 257. The van der Waals surface area contributed by atoms with Crippen molar-refractivity contribution in [1.29, 1.82) is 0 Å². The van der Waals surface area contributed by atoms with E-state index < -0.39 is 40.6 Å². The Hall–Kier alpha value is -0.316. The molecular formula is C9H22FNO4Si2. The molecular weight excluding hydrogens is 261 g/mol. The minimum absolute atomic E-state index is 0.541. The van der Waals surface area contributed by atoms with Crippen molar-refractivity contribution in [1.82, 2.24) is 0 Å². The summed E-state index contributed by atoms with van der Waals surface area (Å²) in [5.74, 6) is -2.64. The lowest BCUT2D eigenvalue weighted by Crippen LogP contribution is -2.48. The Balaban J connectivity index is 4.53. The van der Waals surface area contributed by atoms with Crippen LogP contribution in [0.4, 0.5) is 4.39 Å². The second-order valence-corrected chi connectivity index (χ2v) is 15.0. The van der Waals surface area contributed by atoms with Gasteiger partial charge in [-0.2, -0.15) is 4.39 Å². The number of alkyl halides is 1. The molecule has 0 aromatic heterocycles. The van der Waals surface area contributed by atoms with Gasteiger partial charge in [-0.1, -0.05) is 0 Å². The van der Waals surface area contributed by atoms with E-state index in [0.717, 1.165) is 0 Å². The monoisotopic (exact) mass is 283 g/mol. The van der Waals surface area contributed by atoms with Crippen LogP contribution in [0, 0.1) is 10.1 Å². The molecule has 102 valence electrons. The van der Waals surface area contributed by atoms with Crippen molar-refractivity contribution in [2.24, 2.45) is 0 Å². The average molecular weight is 283 g/mol. The molecule has 0 fully saturated rings. The van der Waals surface area contributed by atoms with Crippen LogP contribution in [0.5, 0.6) is 0 Å². The zero-order valence-electron chi connectivity index (χ0n) is 11.4. The Kier molecular flexibility index (Phi) is 5.45. The normalized spacial score (nSPS) is 13.8. The zero-order valence-corrected chi connectivity index (χ0v) is 13.4. The van der Waals surface area contributed by atoms with Crippen LogP contribution in [0.3, 0.4) is 0 Å². The SMILES string of the molecule is C[Si](C)(C)OCC(F)(CO[Si](C)(C)C)[N+](=O)[O-]. The molecule has 0 heterocycles. The summed E-state index contributed by atoms with van der Waals surface area (Å²) in [4.78, 5) is 9.81. The van der Waals surface area contributed by atoms with Gasteiger partial charge in [0.15, 0.2) is 16.6 Å². The first kappa shape index (κ1) is 16.7. The first-order valence-electron chi connectivity index (χ1n) is 5.47. The topological polar surface area (TPSA) is 61.6 Å². The third-order valence-corrected chi connectivity index (χ3v) is 3.80. The smallest absolute Gasteiger partial charge is 0.401 e. The maximum Gasteiger partial charge on any atom is 0.401 e. The summed E-state index contributed by atoms with van der Waals surface area (Å²) in [5, 5.41) is 10.8. The van der Waals surface area contributed by atoms with Crippen LogP contribution >= 0.6 is 0 Å². The Labute approximate surface area is 104 Å². The van der Waals surface area contributed by atoms with Gasteiger partial charge in [0.25, 0.3) is 0 Å². The summed E-state index contributed by atoms with van der Waals surface area (Å²) in [7, 11) is -3.95. The third kappa shape index (κ3) is 7.58. The van der Waals surface area contributed by atoms with Crippen molar-refractivity contribution < 1.29 is 18.2 Å². The van der Waals surface area contributed by atoms with Crippen molar-refractivity contribution in [2.45, 2.75) is 45.1 Å². The molecule has 8 heteroatoms. The fraction of sp³-hybridized carbons (Fsp3) is 1.00. The van der Waals surface area contributed by atoms with Crippen LogP contribution in [0.25, 0.3) is 0 Å². The molecule has 0 amide bonds. The van der Waals surface area contributed by atoms with Gasteiger partial charge in [-0.3, -0.25) is 10.1 Å². The Morgan fingerprint density at radius 1 is 1.06 bits per heavy atom. The zero-order chi connectivity index (χ0) is 13.9. The summed E-state index contributed by atoms with van der Waals surface area (Å²) < 4.78 is 24.6. The van der Waals surface area contributed by atoms with Gasteiger partial charge in [0.1, 0.15) is 13.2 Å². The lowest BCUT2D eigenvalue weighted by atomic mass is 10.3. The van der Waals surface area contributed by atoms with Gasteiger partial charge in [-0.05, 0) is 39.3 Å². The van der Waals surface area contributed by atoms with Crippen LogP contribution in [0.1, 0.15) is 0 Å². The fourth-order valence-electron chi connectivity index (χ4n) is 0.801. The molecule has 0 atom stereocenters. The molecule has 0 aliphatic rings. The highest BCUT2D eigenvalue weighted by Gasteiger charge is 2.46. The number of hydrogen-bond acceptors (Lipinski definition) is 4. The van der Waals surface area contributed by atoms with E-state index >= 15 is 0 Å². The third-order valence-electron chi connectivity index (χ3n) is 1.78. The summed E-state index contributed by atoms with van der Waals surface area (Å²) >= 11 is 0. The largest absolute Gasteiger partial charge is 0.408 e. The average Bonchev–Trinajstić information content (AvgIpc) is 2.09. The van der Waals surface area contributed by atoms with E-state index in [0.29, 0.717) is 0 Å². The fourth-order valence-corrected chi connectivity index (χ4v) is 2.11. The molecule has 0 aromatic carbocycles. The molecule has 0 saturated carbocycles. The van der Waals surface area contributed by atoms with Gasteiger partial charge in [-0.15, -0.1) is 0 Å². The standard InChI is InChI=1S/C9H22FNO4Si2/c1-16(2,3)14-7-9(10,11(12)13)8-15-17(4,5)6/h7-8H2,1-6H3. The molecule has 0 aromatic rings. The molecule has 0 radical (unpaired) electrons. The second kappa shape index (κ2) is 5.55. The van der Waals surface area contributed by atoms with Crippen LogP contribution < -0.4 is 0 Å². The maximum atomic E-state index is 14.1. The maximum absolute atomic E-state index is 14.1. The van der Waals surface area contributed by atoms with Crippen molar-refractivity contribution in [3.8, 4) is 0 Å². The van der Waals surface area contributed by atoms with E-state index in [9.17, 15) is 14.5 Å². The molecule has 0 bridgehead atoms. The van der Waals surface area contributed by atoms with Gasteiger partial charge >= 0.3 is 5.79 Å². The summed E-state index contributed by atoms with van der Waals surface area (Å²) in [6, 6.07) is 0. The molecule has 0 rings (SSSR count). The van der Waals surface area contributed by atoms with Gasteiger partial charge in [0.2, 0.25) is 0 Å². The van der Waals surface area contributed by atoms with Crippen LogP contribution in [0.15, 0.2) is 0 Å². The highest BCUT2D eigenvalue weighted by molar-refractivity contribution is 6.70. The van der Waals surface area contributed by atoms with Crippen LogP contribution in [-0.2, 0) is 8.85 Å². The first-order chi connectivity index (χ1) is 7.36. The van der Waals surface area contributed by atoms with Crippen LogP contribution in [-0.4, -0.2) is 40.6 Å². The predicted octanol–water partition coefficient (Wildman–Crippen LogP) is 2.63. The highest BCUT2D eigenvalue weighted by atomic mass is 28.4. The van der Waals surface area contributed by atoms with E-state index in [1.165, 1.54) is 0 Å². The van der Waals surface area contributed by atoms with E-state index in [1.54, 1.807) is 0 Å². The van der Waals surface area contributed by atoms with Crippen molar-refractivity contribution in [3.05, 3.63) is 10.1 Å². The number of nitrogens with zero attached hydrogens (tertiary/aromatic N) is 1. The van der Waals surface area contributed by atoms with Crippen molar-refractivity contribution in [2.75, 3.05) is 13.2 Å².